The van der Waals surface area contributed by atoms with Crippen LogP contribution in [0.2, 0.25) is 0 Å². The highest BCUT2D eigenvalue weighted by atomic mass is 79.9. The maximum atomic E-state index is 11.9. The molecule has 2 nitrogen and oxygen atoms in total. The van der Waals surface area contributed by atoms with E-state index in [-0.39, 0.29) is 5.91 Å². The number of aryl methyl sites for hydroxylation is 1. The second kappa shape index (κ2) is 4.35. The molecule has 0 radical (unpaired) electrons. The number of carbonyl (C=O) groups excluding carboxylic acids is 1. The standard InChI is InChI=1S/C12H14BrNO/c1-8-3-2-4-10(13)11(8)12(15)14-7-9-5-6-9/h2-4,9H,5-7H2,1H3,(H,14,15). The average molecular weight is 268 g/mol. The first-order chi connectivity index (χ1) is 7.18. The van der Waals surface area contributed by atoms with Crippen LogP contribution < -0.4 is 5.32 Å². The van der Waals surface area contributed by atoms with E-state index in [1.165, 1.54) is 12.8 Å². The summed E-state index contributed by atoms with van der Waals surface area (Å²) in [5, 5.41) is 2.97. The molecule has 1 fully saturated rings. The third-order valence-corrected chi connectivity index (χ3v) is 3.36. The third kappa shape index (κ3) is 2.59. The lowest BCUT2D eigenvalue weighted by Crippen LogP contribution is -2.26. The zero-order chi connectivity index (χ0) is 10.8. The molecule has 2 rings (SSSR count). The quantitative estimate of drug-likeness (QED) is 0.897. The molecule has 0 aromatic heterocycles. The molecular weight excluding hydrogens is 254 g/mol. The van der Waals surface area contributed by atoms with Gasteiger partial charge < -0.3 is 5.32 Å². The molecule has 0 unspecified atom stereocenters. The van der Waals surface area contributed by atoms with Gasteiger partial charge in [-0.25, -0.2) is 0 Å². The zero-order valence-electron chi connectivity index (χ0n) is 8.72. The fourth-order valence-corrected chi connectivity index (χ4v) is 2.21. The maximum Gasteiger partial charge on any atom is 0.252 e. The fourth-order valence-electron chi connectivity index (χ4n) is 1.57. The van der Waals surface area contributed by atoms with Crippen molar-refractivity contribution in [3.8, 4) is 0 Å². The number of amides is 1. The summed E-state index contributed by atoms with van der Waals surface area (Å²) in [5.74, 6) is 0.753. The van der Waals surface area contributed by atoms with Gasteiger partial charge in [-0.3, -0.25) is 4.79 Å². The minimum Gasteiger partial charge on any atom is -0.352 e. The van der Waals surface area contributed by atoms with E-state index in [1.54, 1.807) is 0 Å². The molecule has 80 valence electrons. The summed E-state index contributed by atoms with van der Waals surface area (Å²) in [6.07, 6.45) is 2.52. The van der Waals surface area contributed by atoms with E-state index in [0.29, 0.717) is 0 Å². The van der Waals surface area contributed by atoms with Gasteiger partial charge in [0.2, 0.25) is 0 Å². The van der Waals surface area contributed by atoms with Gasteiger partial charge in [-0.15, -0.1) is 0 Å². The Labute approximate surface area is 98.2 Å². The topological polar surface area (TPSA) is 29.1 Å². The van der Waals surface area contributed by atoms with Crippen molar-refractivity contribution in [2.75, 3.05) is 6.54 Å². The highest BCUT2D eigenvalue weighted by molar-refractivity contribution is 9.10. The summed E-state index contributed by atoms with van der Waals surface area (Å²) in [6.45, 7) is 2.77. The largest absolute Gasteiger partial charge is 0.352 e. The van der Waals surface area contributed by atoms with Crippen molar-refractivity contribution < 1.29 is 4.79 Å². The minimum absolute atomic E-state index is 0.0341. The first-order valence-corrected chi connectivity index (χ1v) is 6.01. The van der Waals surface area contributed by atoms with E-state index in [0.717, 1.165) is 28.1 Å². The van der Waals surface area contributed by atoms with Crippen LogP contribution in [0.25, 0.3) is 0 Å². The van der Waals surface area contributed by atoms with Gasteiger partial charge in [0.05, 0.1) is 5.56 Å². The van der Waals surface area contributed by atoms with Crippen LogP contribution in [0.15, 0.2) is 22.7 Å². The normalized spacial score (nSPS) is 15.1. The molecule has 0 spiro atoms. The highest BCUT2D eigenvalue weighted by Crippen LogP contribution is 2.28. The van der Waals surface area contributed by atoms with Gasteiger partial charge in [0.15, 0.2) is 0 Å². The first-order valence-electron chi connectivity index (χ1n) is 5.22. The van der Waals surface area contributed by atoms with Gasteiger partial charge in [0.25, 0.3) is 5.91 Å². The summed E-state index contributed by atoms with van der Waals surface area (Å²) in [6, 6.07) is 5.80. The number of nitrogens with one attached hydrogen (secondary N) is 1. The molecule has 0 aliphatic heterocycles. The Morgan fingerprint density at radius 3 is 2.87 bits per heavy atom. The number of halogens is 1. The first kappa shape index (κ1) is 10.7. The van der Waals surface area contributed by atoms with Crippen LogP contribution in [0.3, 0.4) is 0 Å². The molecule has 0 saturated heterocycles. The van der Waals surface area contributed by atoms with Crippen molar-refractivity contribution in [3.63, 3.8) is 0 Å². The smallest absolute Gasteiger partial charge is 0.252 e. The molecule has 1 aliphatic carbocycles. The van der Waals surface area contributed by atoms with Crippen LogP contribution in [0.4, 0.5) is 0 Å². The molecule has 0 bridgehead atoms. The second-order valence-corrected chi connectivity index (χ2v) is 4.94. The van der Waals surface area contributed by atoms with E-state index in [1.807, 2.05) is 25.1 Å². The van der Waals surface area contributed by atoms with Crippen LogP contribution in [0, 0.1) is 12.8 Å². The van der Waals surface area contributed by atoms with Gasteiger partial charge in [0, 0.05) is 11.0 Å². The minimum atomic E-state index is 0.0341. The Balaban J connectivity index is 2.09. The van der Waals surface area contributed by atoms with Gasteiger partial charge >= 0.3 is 0 Å². The SMILES string of the molecule is Cc1cccc(Br)c1C(=O)NCC1CC1. The van der Waals surface area contributed by atoms with Gasteiger partial charge in [-0.2, -0.15) is 0 Å². The number of rotatable bonds is 3. The van der Waals surface area contributed by atoms with Crippen LogP contribution >= 0.6 is 15.9 Å². The predicted octanol–water partition coefficient (Wildman–Crippen LogP) is 2.90. The molecule has 1 saturated carbocycles. The van der Waals surface area contributed by atoms with Gasteiger partial charge in [-0.1, -0.05) is 12.1 Å². The van der Waals surface area contributed by atoms with E-state index < -0.39 is 0 Å². The lowest BCUT2D eigenvalue weighted by atomic mass is 10.1. The summed E-state index contributed by atoms with van der Waals surface area (Å²) in [4.78, 5) is 11.9. The molecule has 1 aliphatic rings. The fraction of sp³-hybridized carbons (Fsp3) is 0.417. The molecule has 3 heteroatoms. The third-order valence-electron chi connectivity index (χ3n) is 2.70. The summed E-state index contributed by atoms with van der Waals surface area (Å²) in [5.41, 5.74) is 1.77. The van der Waals surface area contributed by atoms with E-state index in [2.05, 4.69) is 21.2 Å². The van der Waals surface area contributed by atoms with Crippen molar-refractivity contribution in [2.45, 2.75) is 19.8 Å². The number of benzene rings is 1. The molecule has 1 aromatic rings. The number of carbonyl (C=O) groups is 1. The molecule has 15 heavy (non-hydrogen) atoms. The zero-order valence-corrected chi connectivity index (χ0v) is 10.3. The van der Waals surface area contributed by atoms with Crippen molar-refractivity contribution >= 4 is 21.8 Å². The summed E-state index contributed by atoms with van der Waals surface area (Å²) >= 11 is 3.41. The second-order valence-electron chi connectivity index (χ2n) is 4.09. The Bertz CT molecular complexity index is 365. The van der Waals surface area contributed by atoms with Crippen molar-refractivity contribution in [2.24, 2.45) is 5.92 Å². The van der Waals surface area contributed by atoms with E-state index in [4.69, 9.17) is 0 Å². The van der Waals surface area contributed by atoms with Gasteiger partial charge in [0.1, 0.15) is 0 Å². The molecule has 0 atom stereocenters. The lowest BCUT2D eigenvalue weighted by molar-refractivity contribution is 0.0950. The van der Waals surface area contributed by atoms with Crippen molar-refractivity contribution in [3.05, 3.63) is 33.8 Å². The number of hydrogen-bond donors (Lipinski definition) is 1. The lowest BCUT2D eigenvalue weighted by Gasteiger charge is -2.08. The predicted molar refractivity (Wildman–Crippen MR) is 63.9 cm³/mol. The molecular formula is C12H14BrNO. The summed E-state index contributed by atoms with van der Waals surface area (Å²) < 4.78 is 0.871. The maximum absolute atomic E-state index is 11.9. The van der Waals surface area contributed by atoms with Crippen LogP contribution in [0.1, 0.15) is 28.8 Å². The van der Waals surface area contributed by atoms with Crippen LogP contribution in [-0.4, -0.2) is 12.5 Å². The molecule has 1 amide bonds. The Morgan fingerprint density at radius 2 is 2.27 bits per heavy atom. The van der Waals surface area contributed by atoms with Crippen LogP contribution in [-0.2, 0) is 0 Å². The molecule has 1 aromatic carbocycles. The van der Waals surface area contributed by atoms with E-state index >= 15 is 0 Å². The summed E-state index contributed by atoms with van der Waals surface area (Å²) in [7, 11) is 0. The van der Waals surface area contributed by atoms with Crippen molar-refractivity contribution in [1.82, 2.24) is 5.32 Å². The number of hydrogen-bond acceptors (Lipinski definition) is 1. The van der Waals surface area contributed by atoms with E-state index in [9.17, 15) is 4.79 Å². The van der Waals surface area contributed by atoms with Gasteiger partial charge in [-0.05, 0) is 53.2 Å². The Hall–Kier alpha value is -0.830. The highest BCUT2D eigenvalue weighted by Gasteiger charge is 2.22. The average Bonchev–Trinajstić information content (AvgIpc) is 2.97. The monoisotopic (exact) mass is 267 g/mol. The Morgan fingerprint density at radius 1 is 1.53 bits per heavy atom. The molecule has 1 N–H and O–H groups in total. The molecule has 0 heterocycles. The Kier molecular flexibility index (Phi) is 3.10. The van der Waals surface area contributed by atoms with Crippen molar-refractivity contribution in [1.29, 1.82) is 0 Å². The van der Waals surface area contributed by atoms with Crippen LogP contribution in [0.5, 0.6) is 0 Å².